The van der Waals surface area contributed by atoms with Gasteiger partial charge in [-0.25, -0.2) is 4.39 Å². The van der Waals surface area contributed by atoms with Crippen molar-refractivity contribution in [1.82, 2.24) is 4.37 Å². The number of hydrogen-bond donors (Lipinski definition) is 3. The summed E-state index contributed by atoms with van der Waals surface area (Å²) in [7, 11) is 0. The molecule has 36 heavy (non-hydrogen) atoms. The van der Waals surface area contributed by atoms with Gasteiger partial charge in [-0.3, -0.25) is 9.59 Å². The van der Waals surface area contributed by atoms with Crippen molar-refractivity contribution < 1.29 is 37.4 Å². The van der Waals surface area contributed by atoms with Crippen LogP contribution in [-0.4, -0.2) is 27.0 Å². The maximum atomic E-state index is 14.1. The van der Waals surface area contributed by atoms with Crippen molar-refractivity contribution in [2.45, 2.75) is 44.7 Å². The molecule has 3 aromatic rings. The molecule has 1 saturated carbocycles. The molecule has 4 rings (SSSR count). The number of nitrogens with zero attached hydrogens (tertiary/aromatic N) is 1. The van der Waals surface area contributed by atoms with Crippen molar-refractivity contribution in [2.75, 3.05) is 5.32 Å². The van der Waals surface area contributed by atoms with Gasteiger partial charge in [0.1, 0.15) is 5.82 Å². The molecule has 0 spiro atoms. The Morgan fingerprint density at radius 3 is 2.39 bits per heavy atom. The van der Waals surface area contributed by atoms with E-state index in [1.807, 2.05) is 24.3 Å². The second-order valence-corrected chi connectivity index (χ2v) is 9.19. The molecule has 0 aliphatic heterocycles. The van der Waals surface area contributed by atoms with Crippen molar-refractivity contribution >= 4 is 29.6 Å². The molecule has 0 radical (unpaired) electrons. The van der Waals surface area contributed by atoms with Crippen LogP contribution in [0.2, 0.25) is 0 Å². The van der Waals surface area contributed by atoms with E-state index < -0.39 is 17.6 Å². The first-order valence-electron chi connectivity index (χ1n) is 11.1. The summed E-state index contributed by atoms with van der Waals surface area (Å²) in [5.74, 6) is -1.54. The number of alkyl halides is 3. The van der Waals surface area contributed by atoms with E-state index in [1.54, 1.807) is 6.92 Å². The van der Waals surface area contributed by atoms with Gasteiger partial charge in [-0.1, -0.05) is 30.7 Å². The predicted octanol–water partition coefficient (Wildman–Crippen LogP) is 6.60. The van der Waals surface area contributed by atoms with Gasteiger partial charge in [-0.05, 0) is 73.0 Å². The van der Waals surface area contributed by atoms with Gasteiger partial charge in [0.25, 0.3) is 6.47 Å². The third kappa shape index (κ3) is 6.39. The zero-order chi connectivity index (χ0) is 26.5. The summed E-state index contributed by atoms with van der Waals surface area (Å²) < 4.78 is 56.5. The first kappa shape index (κ1) is 27.1. The maximum absolute atomic E-state index is 14.1. The van der Waals surface area contributed by atoms with E-state index in [0.717, 1.165) is 36.1 Å². The van der Waals surface area contributed by atoms with E-state index in [4.69, 9.17) is 9.90 Å². The Morgan fingerprint density at radius 1 is 1.17 bits per heavy atom. The normalized spacial score (nSPS) is 17.6. The van der Waals surface area contributed by atoms with Crippen molar-refractivity contribution in [1.29, 1.82) is 0 Å². The highest BCUT2D eigenvalue weighted by atomic mass is 32.1. The second kappa shape index (κ2) is 11.5. The Morgan fingerprint density at radius 2 is 1.83 bits per heavy atom. The lowest BCUT2D eigenvalue weighted by molar-refractivity contribution is -0.137. The Bertz CT molecular complexity index is 1210. The van der Waals surface area contributed by atoms with Crippen LogP contribution < -0.4 is 5.32 Å². The number of rotatable bonds is 4. The van der Waals surface area contributed by atoms with E-state index in [1.165, 1.54) is 11.5 Å². The lowest BCUT2D eigenvalue weighted by Gasteiger charge is -2.29. The minimum atomic E-state index is -4.65. The Kier molecular flexibility index (Phi) is 8.67. The smallest absolute Gasteiger partial charge is 0.416 e. The summed E-state index contributed by atoms with van der Waals surface area (Å²) in [6.45, 7) is 1.49. The maximum Gasteiger partial charge on any atom is 0.416 e. The number of aromatic hydroxyl groups is 1. The number of hydrogen-bond acceptors (Lipinski definition) is 5. The van der Waals surface area contributed by atoms with Gasteiger partial charge in [0.05, 0.1) is 21.8 Å². The summed E-state index contributed by atoms with van der Waals surface area (Å²) in [6, 6.07) is 9.89. The van der Waals surface area contributed by atoms with E-state index in [2.05, 4.69) is 9.69 Å². The van der Waals surface area contributed by atoms with E-state index in [9.17, 15) is 27.5 Å². The summed E-state index contributed by atoms with van der Waals surface area (Å²) in [6.07, 6.45) is -1.72. The third-order valence-corrected chi connectivity index (χ3v) is 7.05. The van der Waals surface area contributed by atoms with Crippen LogP contribution in [0.1, 0.15) is 48.4 Å². The van der Waals surface area contributed by atoms with E-state index >= 15 is 0 Å². The highest BCUT2D eigenvalue weighted by Crippen LogP contribution is 2.40. The van der Waals surface area contributed by atoms with E-state index in [-0.39, 0.29) is 35.7 Å². The van der Waals surface area contributed by atoms with Crippen LogP contribution in [0.4, 0.5) is 23.2 Å². The first-order valence-corrected chi connectivity index (χ1v) is 11.8. The van der Waals surface area contributed by atoms with Gasteiger partial charge in [-0.15, -0.1) is 0 Å². The van der Waals surface area contributed by atoms with Gasteiger partial charge >= 0.3 is 6.18 Å². The van der Waals surface area contributed by atoms with Crippen LogP contribution in [0.25, 0.3) is 10.4 Å². The SMILES string of the molecule is Cc1nsc(-c2ccc(C3CCCC(C(=O)Nc4ccc(C(F)(F)F)cc4F)C3)cc2)c1O.O=CO. The van der Waals surface area contributed by atoms with Gasteiger partial charge in [0.2, 0.25) is 5.91 Å². The highest BCUT2D eigenvalue weighted by molar-refractivity contribution is 7.10. The number of halogens is 4. The number of carbonyl (C=O) groups excluding carboxylic acids is 1. The van der Waals surface area contributed by atoms with Crippen LogP contribution in [0.5, 0.6) is 5.75 Å². The molecule has 6 nitrogen and oxygen atoms in total. The zero-order valence-corrected chi connectivity index (χ0v) is 20.0. The van der Waals surface area contributed by atoms with Crippen LogP contribution >= 0.6 is 11.5 Å². The van der Waals surface area contributed by atoms with Crippen molar-refractivity contribution in [3.05, 3.63) is 65.1 Å². The van der Waals surface area contributed by atoms with Crippen LogP contribution in [0.3, 0.4) is 0 Å². The molecule has 1 fully saturated rings. The monoisotopic (exact) mass is 524 g/mol. The Hall–Kier alpha value is -3.47. The van der Waals surface area contributed by atoms with Crippen molar-refractivity contribution in [3.8, 4) is 16.2 Å². The molecule has 1 heterocycles. The molecule has 2 atom stereocenters. The molecule has 2 aromatic carbocycles. The standard InChI is InChI=1S/C24H22F4N2O2S.CH2O2/c1-13-21(31)22(33-30-13)15-7-5-14(6-8-15)16-3-2-4-17(11-16)23(32)29-20-10-9-18(12-19(20)25)24(26,27)28;2-1-3/h5-10,12,16-17,31H,2-4,11H2,1H3,(H,29,32);1H,(H,2,3). The molecule has 1 aliphatic rings. The van der Waals surface area contributed by atoms with Crippen LogP contribution in [0.15, 0.2) is 42.5 Å². The minimum absolute atomic E-state index is 0.137. The molecular weight excluding hydrogens is 500 g/mol. The number of benzene rings is 2. The average molecular weight is 525 g/mol. The highest BCUT2D eigenvalue weighted by Gasteiger charge is 2.32. The topological polar surface area (TPSA) is 99.5 Å². The quantitative estimate of drug-likeness (QED) is 0.264. The molecule has 1 amide bonds. The van der Waals surface area contributed by atoms with Gasteiger partial charge in [0.15, 0.2) is 5.75 Å². The Labute approximate surface area is 208 Å². The summed E-state index contributed by atoms with van der Waals surface area (Å²) in [5.41, 5.74) is 1.17. The molecule has 2 unspecified atom stereocenters. The van der Waals surface area contributed by atoms with Crippen LogP contribution in [0, 0.1) is 18.7 Å². The summed E-state index contributed by atoms with van der Waals surface area (Å²) in [5, 5.41) is 19.5. The zero-order valence-electron chi connectivity index (χ0n) is 19.2. The minimum Gasteiger partial charge on any atom is -0.505 e. The summed E-state index contributed by atoms with van der Waals surface area (Å²) in [4.78, 5) is 21.8. The molecule has 11 heteroatoms. The van der Waals surface area contributed by atoms with Crippen molar-refractivity contribution in [3.63, 3.8) is 0 Å². The molecule has 192 valence electrons. The molecular formula is C25H24F4N2O4S. The number of aryl methyl sites for hydroxylation is 1. The first-order chi connectivity index (χ1) is 17.0. The molecule has 1 aliphatic carbocycles. The largest absolute Gasteiger partial charge is 0.505 e. The van der Waals surface area contributed by atoms with Gasteiger partial charge < -0.3 is 15.5 Å². The second-order valence-electron chi connectivity index (χ2n) is 8.42. The molecule has 3 N–H and O–H groups in total. The predicted molar refractivity (Wildman–Crippen MR) is 127 cm³/mol. The fourth-order valence-electron chi connectivity index (χ4n) is 4.22. The van der Waals surface area contributed by atoms with E-state index in [0.29, 0.717) is 29.5 Å². The molecule has 0 saturated heterocycles. The van der Waals surface area contributed by atoms with Gasteiger partial charge in [0, 0.05) is 5.92 Å². The number of aromatic nitrogens is 1. The fraction of sp³-hybridized carbons (Fsp3) is 0.320. The fourth-order valence-corrected chi connectivity index (χ4v) is 5.01. The van der Waals surface area contributed by atoms with Crippen molar-refractivity contribution in [2.24, 2.45) is 5.92 Å². The number of amides is 1. The molecule has 0 bridgehead atoms. The number of nitrogens with one attached hydrogen (secondary N) is 1. The number of carbonyl (C=O) groups is 2. The van der Waals surface area contributed by atoms with Gasteiger partial charge in [-0.2, -0.15) is 17.5 Å². The third-order valence-electron chi connectivity index (χ3n) is 6.08. The average Bonchev–Trinajstić information content (AvgIpc) is 3.18. The lowest BCUT2D eigenvalue weighted by Crippen LogP contribution is -2.28. The molecule has 1 aromatic heterocycles. The lowest BCUT2D eigenvalue weighted by atomic mass is 9.77. The van der Waals surface area contributed by atoms with Crippen LogP contribution in [-0.2, 0) is 15.8 Å². The Balaban J connectivity index is 0.00000115. The summed E-state index contributed by atoms with van der Waals surface area (Å²) >= 11 is 1.23. The number of carboxylic acid groups (broad SMARTS) is 1. The number of anilines is 1.